The number of nitrogens with zero attached hydrogens (tertiary/aromatic N) is 1. The maximum absolute atomic E-state index is 4.25. The van der Waals surface area contributed by atoms with Gasteiger partial charge in [0.1, 0.15) is 0 Å². The maximum atomic E-state index is 4.25. The fourth-order valence-electron chi connectivity index (χ4n) is 2.63. The molecule has 90 valence electrons. The van der Waals surface area contributed by atoms with Crippen LogP contribution >= 0.6 is 0 Å². The molecule has 0 spiro atoms. The molecule has 3 aromatic rings. The Morgan fingerprint density at radius 2 is 1.78 bits per heavy atom. The molecule has 0 bridgehead atoms. The smallest absolute Gasteiger partial charge is 0.0352 e. The van der Waals surface area contributed by atoms with Gasteiger partial charge < -0.3 is 0 Å². The zero-order chi connectivity index (χ0) is 12.5. The Labute approximate surface area is 107 Å². The molecule has 2 aromatic carbocycles. The van der Waals surface area contributed by atoms with Crippen LogP contribution in [0.15, 0.2) is 48.8 Å². The first-order valence-electron chi connectivity index (χ1n) is 6.50. The van der Waals surface area contributed by atoms with Crippen molar-refractivity contribution in [3.8, 4) is 0 Å². The van der Waals surface area contributed by atoms with Crippen molar-refractivity contribution in [3.63, 3.8) is 0 Å². The molecule has 0 aliphatic carbocycles. The fraction of sp³-hybridized carbons (Fsp3) is 0.235. The van der Waals surface area contributed by atoms with E-state index >= 15 is 0 Å². The van der Waals surface area contributed by atoms with Gasteiger partial charge in [0.2, 0.25) is 0 Å². The van der Waals surface area contributed by atoms with E-state index in [4.69, 9.17) is 0 Å². The second-order valence-electron chi connectivity index (χ2n) is 5.28. The lowest BCUT2D eigenvalue weighted by molar-refractivity contribution is 0.650. The van der Waals surface area contributed by atoms with E-state index in [1.165, 1.54) is 27.1 Å². The molecule has 3 rings (SSSR count). The molecule has 1 heterocycles. The molecule has 1 nitrogen and oxygen atoms in total. The van der Waals surface area contributed by atoms with Gasteiger partial charge in [0.25, 0.3) is 0 Å². The highest BCUT2D eigenvalue weighted by Crippen LogP contribution is 2.29. The van der Waals surface area contributed by atoms with Crippen LogP contribution in [0.4, 0.5) is 0 Å². The molecular formula is C17H17N. The second-order valence-corrected chi connectivity index (χ2v) is 5.28. The summed E-state index contributed by atoms with van der Waals surface area (Å²) in [5.74, 6) is 0.674. The van der Waals surface area contributed by atoms with Crippen molar-refractivity contribution in [2.24, 2.45) is 5.92 Å². The summed E-state index contributed by atoms with van der Waals surface area (Å²) < 4.78 is 0. The third-order valence-corrected chi connectivity index (χ3v) is 3.38. The second kappa shape index (κ2) is 4.41. The van der Waals surface area contributed by atoms with Crippen LogP contribution in [0.2, 0.25) is 0 Å². The molecule has 0 saturated carbocycles. The molecular weight excluding hydrogens is 218 g/mol. The first-order valence-corrected chi connectivity index (χ1v) is 6.50. The number of rotatable bonds is 2. The van der Waals surface area contributed by atoms with Crippen molar-refractivity contribution in [3.05, 3.63) is 54.4 Å². The summed E-state index contributed by atoms with van der Waals surface area (Å²) in [7, 11) is 0. The molecule has 0 amide bonds. The minimum absolute atomic E-state index is 0.674. The summed E-state index contributed by atoms with van der Waals surface area (Å²) in [4.78, 5) is 4.25. The van der Waals surface area contributed by atoms with E-state index in [1.54, 1.807) is 0 Å². The summed E-state index contributed by atoms with van der Waals surface area (Å²) in [5, 5.41) is 5.23. The lowest BCUT2D eigenvalue weighted by Gasteiger charge is -2.11. The van der Waals surface area contributed by atoms with E-state index in [-0.39, 0.29) is 0 Å². The van der Waals surface area contributed by atoms with Crippen molar-refractivity contribution in [1.82, 2.24) is 4.98 Å². The summed E-state index contributed by atoms with van der Waals surface area (Å²) in [6.45, 7) is 4.54. The van der Waals surface area contributed by atoms with Crippen LogP contribution in [-0.2, 0) is 6.42 Å². The first kappa shape index (κ1) is 11.2. The average Bonchev–Trinajstić information content (AvgIpc) is 2.38. The quantitative estimate of drug-likeness (QED) is 0.592. The predicted molar refractivity (Wildman–Crippen MR) is 77.8 cm³/mol. The summed E-state index contributed by atoms with van der Waals surface area (Å²) >= 11 is 0. The normalized spacial score (nSPS) is 11.5. The van der Waals surface area contributed by atoms with Gasteiger partial charge in [-0.15, -0.1) is 0 Å². The molecule has 1 aromatic heterocycles. The molecule has 0 unspecified atom stereocenters. The molecule has 0 N–H and O–H groups in total. The number of fused-ring (bicyclic) bond motifs is 3. The molecule has 0 atom stereocenters. The molecule has 0 fully saturated rings. The fourth-order valence-corrected chi connectivity index (χ4v) is 2.63. The average molecular weight is 235 g/mol. The van der Waals surface area contributed by atoms with Crippen molar-refractivity contribution in [2.75, 3.05) is 0 Å². The molecule has 18 heavy (non-hydrogen) atoms. The third-order valence-electron chi connectivity index (χ3n) is 3.38. The minimum Gasteiger partial charge on any atom is -0.264 e. The van der Waals surface area contributed by atoms with Crippen molar-refractivity contribution in [2.45, 2.75) is 20.3 Å². The maximum Gasteiger partial charge on any atom is 0.0352 e. The van der Waals surface area contributed by atoms with Crippen LogP contribution in [0.3, 0.4) is 0 Å². The van der Waals surface area contributed by atoms with Gasteiger partial charge in [-0.05, 0) is 40.1 Å². The van der Waals surface area contributed by atoms with Crippen LogP contribution in [0, 0.1) is 5.92 Å². The number of aromatic nitrogens is 1. The monoisotopic (exact) mass is 235 g/mol. The molecule has 0 radical (unpaired) electrons. The summed E-state index contributed by atoms with van der Waals surface area (Å²) in [6, 6.07) is 13.1. The van der Waals surface area contributed by atoms with E-state index in [9.17, 15) is 0 Å². The Hall–Kier alpha value is -1.89. The summed E-state index contributed by atoms with van der Waals surface area (Å²) in [6.07, 6.45) is 4.96. The van der Waals surface area contributed by atoms with Crippen molar-refractivity contribution < 1.29 is 0 Å². The largest absolute Gasteiger partial charge is 0.264 e. The van der Waals surface area contributed by atoms with Gasteiger partial charge in [0, 0.05) is 17.8 Å². The Morgan fingerprint density at radius 3 is 2.56 bits per heavy atom. The van der Waals surface area contributed by atoms with E-state index in [1.807, 2.05) is 12.4 Å². The predicted octanol–water partition coefficient (Wildman–Crippen LogP) is 4.59. The highest BCUT2D eigenvalue weighted by atomic mass is 14.6. The number of hydrogen-bond acceptors (Lipinski definition) is 1. The molecule has 0 aliphatic heterocycles. The van der Waals surface area contributed by atoms with E-state index in [0.717, 1.165) is 6.42 Å². The number of benzene rings is 2. The third kappa shape index (κ3) is 1.86. The van der Waals surface area contributed by atoms with Gasteiger partial charge in [0.05, 0.1) is 0 Å². The topological polar surface area (TPSA) is 12.9 Å². The molecule has 0 aliphatic rings. The van der Waals surface area contributed by atoms with Crippen molar-refractivity contribution in [1.29, 1.82) is 0 Å². The van der Waals surface area contributed by atoms with Gasteiger partial charge in [-0.25, -0.2) is 0 Å². The van der Waals surface area contributed by atoms with Gasteiger partial charge in [-0.3, -0.25) is 4.98 Å². The van der Waals surface area contributed by atoms with Gasteiger partial charge in [0.15, 0.2) is 0 Å². The van der Waals surface area contributed by atoms with Crippen LogP contribution in [0.1, 0.15) is 19.4 Å². The Balaban J connectivity index is 2.39. The number of pyridine rings is 1. The Morgan fingerprint density at radius 1 is 1.00 bits per heavy atom. The molecule has 1 heteroatoms. The van der Waals surface area contributed by atoms with E-state index in [2.05, 4.69) is 55.2 Å². The summed E-state index contributed by atoms with van der Waals surface area (Å²) in [5.41, 5.74) is 1.44. The van der Waals surface area contributed by atoms with Crippen LogP contribution in [0.5, 0.6) is 0 Å². The Kier molecular flexibility index (Phi) is 2.75. The van der Waals surface area contributed by atoms with Crippen LogP contribution in [-0.4, -0.2) is 4.98 Å². The number of hydrogen-bond donors (Lipinski definition) is 0. The highest BCUT2D eigenvalue weighted by molar-refractivity contribution is 6.08. The van der Waals surface area contributed by atoms with Gasteiger partial charge >= 0.3 is 0 Å². The first-order chi connectivity index (χ1) is 8.75. The van der Waals surface area contributed by atoms with Crippen LogP contribution in [0.25, 0.3) is 21.5 Å². The lowest BCUT2D eigenvalue weighted by Crippen LogP contribution is -1.95. The van der Waals surface area contributed by atoms with Crippen LogP contribution < -0.4 is 0 Å². The lowest BCUT2D eigenvalue weighted by atomic mass is 9.93. The Bertz CT molecular complexity index is 698. The van der Waals surface area contributed by atoms with Gasteiger partial charge in [-0.1, -0.05) is 44.2 Å². The highest BCUT2D eigenvalue weighted by Gasteiger charge is 2.07. The zero-order valence-electron chi connectivity index (χ0n) is 10.9. The SMILES string of the molecule is CC(C)Cc1cc2ccncc2c2ccccc12. The van der Waals surface area contributed by atoms with E-state index in [0.29, 0.717) is 5.92 Å². The standard InChI is InChI=1S/C17H17N/c1-12(2)9-14-10-13-7-8-18-11-17(13)16-6-4-3-5-15(14)16/h3-8,10-12H,9H2,1-2H3. The minimum atomic E-state index is 0.674. The molecule has 0 saturated heterocycles. The van der Waals surface area contributed by atoms with E-state index < -0.39 is 0 Å². The zero-order valence-corrected chi connectivity index (χ0v) is 10.9. The van der Waals surface area contributed by atoms with Gasteiger partial charge in [-0.2, -0.15) is 0 Å². The van der Waals surface area contributed by atoms with Crippen molar-refractivity contribution >= 4 is 21.5 Å².